The summed E-state index contributed by atoms with van der Waals surface area (Å²) in [5.74, 6) is -1.56. The first kappa shape index (κ1) is 30.8. The van der Waals surface area contributed by atoms with E-state index in [1.807, 2.05) is 42.5 Å². The van der Waals surface area contributed by atoms with Gasteiger partial charge in [0.25, 0.3) is 5.91 Å². The number of amides is 2. The lowest BCUT2D eigenvalue weighted by Gasteiger charge is -2.12. The number of hydrogen-bond donors (Lipinski definition) is 3. The maximum Gasteiger partial charge on any atom is 0.303 e. The molecule has 38 heavy (non-hydrogen) atoms. The molecule has 0 saturated heterocycles. The zero-order valence-corrected chi connectivity index (χ0v) is 22.8. The molecule has 2 amide bonds. The molecule has 0 saturated carbocycles. The molecule has 0 heterocycles. The van der Waals surface area contributed by atoms with Crippen molar-refractivity contribution in [3.63, 3.8) is 0 Å². The minimum Gasteiger partial charge on any atom is -0.481 e. The maximum atomic E-state index is 13.2. The fourth-order valence-electron chi connectivity index (χ4n) is 4.31. The highest BCUT2D eigenvalue weighted by Crippen LogP contribution is 2.24. The third-order valence-corrected chi connectivity index (χ3v) is 6.50. The molecule has 206 valence electrons. The van der Waals surface area contributed by atoms with Crippen molar-refractivity contribution in [1.29, 1.82) is 0 Å². The van der Waals surface area contributed by atoms with Crippen molar-refractivity contribution >= 4 is 35.1 Å². The number of unbranched alkanes of at least 4 members (excludes halogenated alkanes) is 10. The van der Waals surface area contributed by atoms with E-state index in [9.17, 15) is 14.4 Å². The van der Waals surface area contributed by atoms with Crippen molar-refractivity contribution in [2.24, 2.45) is 0 Å². The number of carboxylic acid groups (broad SMARTS) is 1. The lowest BCUT2D eigenvalue weighted by atomic mass is 10.0. The molecule has 0 aromatic heterocycles. The summed E-state index contributed by atoms with van der Waals surface area (Å²) in [5, 5.41) is 14.7. The van der Waals surface area contributed by atoms with E-state index in [4.69, 9.17) is 5.11 Å². The first-order valence-electron chi connectivity index (χ1n) is 14.2. The lowest BCUT2D eigenvalue weighted by molar-refractivity contribution is -0.138. The van der Waals surface area contributed by atoms with Gasteiger partial charge in [-0.05, 0) is 29.7 Å². The molecular weight excluding hydrogens is 476 g/mol. The number of carbonyl (C=O) groups is 3. The molecule has 2 rings (SSSR count). The first-order valence-corrected chi connectivity index (χ1v) is 14.2. The van der Waals surface area contributed by atoms with E-state index in [2.05, 4.69) is 17.6 Å². The molecule has 0 fully saturated rings. The van der Waals surface area contributed by atoms with Gasteiger partial charge in [-0.1, -0.05) is 120 Å². The van der Waals surface area contributed by atoms with Gasteiger partial charge < -0.3 is 15.7 Å². The van der Waals surface area contributed by atoms with Crippen LogP contribution in [-0.4, -0.2) is 29.4 Å². The summed E-state index contributed by atoms with van der Waals surface area (Å²) in [6, 6.07) is 16.7. The summed E-state index contributed by atoms with van der Waals surface area (Å²) < 4.78 is 0. The minimum absolute atomic E-state index is 0.113. The molecule has 0 atom stereocenters. The van der Waals surface area contributed by atoms with E-state index >= 15 is 0 Å². The highest BCUT2D eigenvalue weighted by molar-refractivity contribution is 6.24. The van der Waals surface area contributed by atoms with Crippen LogP contribution >= 0.6 is 0 Å². The molecule has 0 unspecified atom stereocenters. The highest BCUT2D eigenvalue weighted by atomic mass is 16.4. The number of hydrogen-bond acceptors (Lipinski definition) is 3. The average molecular weight is 521 g/mol. The largest absolute Gasteiger partial charge is 0.481 e. The third kappa shape index (κ3) is 12.7. The minimum atomic E-state index is -1.02. The van der Waals surface area contributed by atoms with Gasteiger partial charge in [-0.25, -0.2) is 0 Å². The molecule has 3 N–H and O–H groups in total. The van der Waals surface area contributed by atoms with Crippen LogP contribution in [0.1, 0.15) is 102 Å². The molecule has 2 aromatic rings. The van der Waals surface area contributed by atoms with Gasteiger partial charge in [0.1, 0.15) is 0 Å². The Morgan fingerprint density at radius 3 is 1.95 bits per heavy atom. The van der Waals surface area contributed by atoms with Gasteiger partial charge in [0.2, 0.25) is 5.91 Å². The zero-order chi connectivity index (χ0) is 27.4. The van der Waals surface area contributed by atoms with Gasteiger partial charge in [0, 0.05) is 24.2 Å². The van der Waals surface area contributed by atoms with Crippen molar-refractivity contribution < 1.29 is 19.5 Å². The Hall–Kier alpha value is -3.41. The smallest absolute Gasteiger partial charge is 0.303 e. The van der Waals surface area contributed by atoms with Gasteiger partial charge in [-0.2, -0.15) is 0 Å². The van der Waals surface area contributed by atoms with Crippen LogP contribution in [-0.2, 0) is 14.4 Å². The second kappa shape index (κ2) is 18.8. The lowest BCUT2D eigenvalue weighted by Crippen LogP contribution is -2.25. The Morgan fingerprint density at radius 1 is 0.737 bits per heavy atom. The van der Waals surface area contributed by atoms with Crippen molar-refractivity contribution in [3.8, 4) is 0 Å². The van der Waals surface area contributed by atoms with E-state index in [0.29, 0.717) is 23.4 Å². The van der Waals surface area contributed by atoms with Crippen LogP contribution in [0.5, 0.6) is 0 Å². The molecule has 0 spiro atoms. The van der Waals surface area contributed by atoms with Crippen LogP contribution in [0.2, 0.25) is 0 Å². The topological polar surface area (TPSA) is 95.5 Å². The van der Waals surface area contributed by atoms with Crippen LogP contribution in [0.4, 0.5) is 5.69 Å². The number of carboxylic acids is 1. The van der Waals surface area contributed by atoms with Crippen LogP contribution in [0.15, 0.2) is 54.6 Å². The van der Waals surface area contributed by atoms with Crippen molar-refractivity contribution in [2.75, 3.05) is 11.9 Å². The normalized spacial score (nSPS) is 11.2. The third-order valence-electron chi connectivity index (χ3n) is 6.50. The van der Waals surface area contributed by atoms with E-state index in [1.54, 1.807) is 18.2 Å². The van der Waals surface area contributed by atoms with E-state index < -0.39 is 5.97 Å². The maximum absolute atomic E-state index is 13.2. The van der Waals surface area contributed by atoms with Crippen LogP contribution in [0, 0.1) is 0 Å². The summed E-state index contributed by atoms with van der Waals surface area (Å²) in [6.07, 6.45) is 15.3. The highest BCUT2D eigenvalue weighted by Gasteiger charge is 2.14. The average Bonchev–Trinajstić information content (AvgIpc) is 2.92. The summed E-state index contributed by atoms with van der Waals surface area (Å²) in [5.41, 5.74) is 2.52. The summed E-state index contributed by atoms with van der Waals surface area (Å²) in [6.45, 7) is 2.87. The van der Waals surface area contributed by atoms with Gasteiger partial charge in [0.15, 0.2) is 0 Å². The standard InChI is InChI=1S/C32H44N2O4/c1-2-3-4-5-6-7-8-9-10-11-17-24-33-32(38)28(26-18-13-12-14-19-26)25-27-20-15-16-21-29(27)34-30(35)22-23-31(36)37/h12-16,18-21,25H,2-11,17,22-24H2,1H3,(H,33,38)(H,34,35)(H,36,37)/b28-25-. The number of anilines is 1. The van der Waals surface area contributed by atoms with Gasteiger partial charge in [-0.3, -0.25) is 14.4 Å². The number of nitrogens with one attached hydrogen (secondary N) is 2. The molecule has 2 aromatic carbocycles. The fourth-order valence-corrected chi connectivity index (χ4v) is 4.31. The van der Waals surface area contributed by atoms with E-state index in [1.165, 1.54) is 57.8 Å². The number of rotatable bonds is 19. The van der Waals surface area contributed by atoms with Crippen molar-refractivity contribution in [2.45, 2.75) is 90.4 Å². The van der Waals surface area contributed by atoms with Crippen LogP contribution < -0.4 is 10.6 Å². The Kier molecular flexibility index (Phi) is 15.2. The molecule has 0 bridgehead atoms. The van der Waals surface area contributed by atoms with Crippen molar-refractivity contribution in [3.05, 3.63) is 65.7 Å². The Bertz CT molecular complexity index is 1020. The summed E-state index contributed by atoms with van der Waals surface area (Å²) >= 11 is 0. The van der Waals surface area contributed by atoms with Crippen LogP contribution in [0.3, 0.4) is 0 Å². The second-order valence-corrected chi connectivity index (χ2v) is 9.74. The predicted octanol–water partition coefficient (Wildman–Crippen LogP) is 7.46. The molecule has 0 aliphatic heterocycles. The number of benzene rings is 2. The number of carbonyl (C=O) groups excluding carboxylic acids is 2. The molecule has 0 radical (unpaired) electrons. The fraction of sp³-hybridized carbons (Fsp3) is 0.469. The van der Waals surface area contributed by atoms with E-state index in [0.717, 1.165) is 18.4 Å². The van der Waals surface area contributed by atoms with Crippen molar-refractivity contribution in [1.82, 2.24) is 5.32 Å². The quantitative estimate of drug-likeness (QED) is 0.102. The Balaban J connectivity index is 1.91. The summed E-state index contributed by atoms with van der Waals surface area (Å²) in [7, 11) is 0. The molecule has 6 nitrogen and oxygen atoms in total. The number of aliphatic carboxylic acids is 1. The Morgan fingerprint density at radius 2 is 1.32 bits per heavy atom. The Labute approximate surface area is 227 Å². The SMILES string of the molecule is CCCCCCCCCCCCCNC(=O)/C(=C\c1ccccc1NC(=O)CCC(=O)O)c1ccccc1. The van der Waals surface area contributed by atoms with Gasteiger partial charge in [0.05, 0.1) is 6.42 Å². The first-order chi connectivity index (χ1) is 18.5. The molecule has 0 aliphatic carbocycles. The van der Waals surface area contributed by atoms with Gasteiger partial charge in [-0.15, -0.1) is 0 Å². The number of para-hydroxylation sites is 1. The van der Waals surface area contributed by atoms with E-state index in [-0.39, 0.29) is 24.7 Å². The predicted molar refractivity (Wildman–Crippen MR) is 156 cm³/mol. The zero-order valence-electron chi connectivity index (χ0n) is 22.8. The molecule has 6 heteroatoms. The van der Waals surface area contributed by atoms with Gasteiger partial charge >= 0.3 is 5.97 Å². The molecular formula is C32H44N2O4. The monoisotopic (exact) mass is 520 g/mol. The summed E-state index contributed by atoms with van der Waals surface area (Å²) in [4.78, 5) is 36.2. The van der Waals surface area contributed by atoms with Crippen LogP contribution in [0.25, 0.3) is 11.6 Å². The second-order valence-electron chi connectivity index (χ2n) is 9.74. The molecule has 0 aliphatic rings.